The van der Waals surface area contributed by atoms with E-state index in [0.29, 0.717) is 17.6 Å². The van der Waals surface area contributed by atoms with Crippen LogP contribution in [-0.2, 0) is 4.79 Å². The Morgan fingerprint density at radius 1 is 1.67 bits per heavy atom. The quantitative estimate of drug-likeness (QED) is 0.834. The van der Waals surface area contributed by atoms with Crippen LogP contribution in [0.4, 0.5) is 5.13 Å². The van der Waals surface area contributed by atoms with Gasteiger partial charge in [-0.05, 0) is 39.4 Å². The van der Waals surface area contributed by atoms with Crippen LogP contribution in [0.5, 0.6) is 0 Å². The number of hydrogen-bond acceptors (Lipinski definition) is 5. The van der Waals surface area contributed by atoms with Gasteiger partial charge in [0.15, 0.2) is 5.13 Å². The first-order chi connectivity index (χ1) is 8.67. The summed E-state index contributed by atoms with van der Waals surface area (Å²) in [6, 6.07) is 0. The molecule has 0 saturated carbocycles. The third kappa shape index (κ3) is 3.76. The van der Waals surface area contributed by atoms with Crippen molar-refractivity contribution in [1.82, 2.24) is 15.2 Å². The first-order valence-electron chi connectivity index (χ1n) is 6.26. The fourth-order valence-corrected chi connectivity index (χ4v) is 2.99. The van der Waals surface area contributed by atoms with Gasteiger partial charge in [-0.15, -0.1) is 11.3 Å². The molecule has 5 nitrogen and oxygen atoms in total. The highest BCUT2D eigenvalue weighted by Crippen LogP contribution is 2.16. The average molecular weight is 268 g/mol. The molecule has 1 fully saturated rings. The number of aromatic nitrogens is 1. The van der Waals surface area contributed by atoms with Gasteiger partial charge in [0.2, 0.25) is 5.91 Å². The van der Waals surface area contributed by atoms with E-state index in [1.807, 2.05) is 19.4 Å². The van der Waals surface area contributed by atoms with Gasteiger partial charge >= 0.3 is 0 Å². The molecule has 1 amide bonds. The van der Waals surface area contributed by atoms with Gasteiger partial charge in [-0.3, -0.25) is 9.69 Å². The number of anilines is 1. The molecule has 0 aromatic carbocycles. The van der Waals surface area contributed by atoms with Gasteiger partial charge in [0.05, 0.1) is 12.2 Å². The molecular formula is C12H20N4OS. The van der Waals surface area contributed by atoms with E-state index in [2.05, 4.69) is 20.5 Å². The summed E-state index contributed by atoms with van der Waals surface area (Å²) < 4.78 is 0. The number of hydrogen-bond donors (Lipinski definition) is 2. The molecule has 6 heteroatoms. The van der Waals surface area contributed by atoms with E-state index in [9.17, 15) is 4.79 Å². The number of carbonyl (C=O) groups is 1. The first-order valence-corrected chi connectivity index (χ1v) is 7.14. The Balaban J connectivity index is 1.75. The van der Waals surface area contributed by atoms with Crippen molar-refractivity contribution in [2.24, 2.45) is 5.92 Å². The number of aryl methyl sites for hydroxylation is 1. The molecule has 0 radical (unpaired) electrons. The van der Waals surface area contributed by atoms with Gasteiger partial charge in [-0.25, -0.2) is 4.98 Å². The largest absolute Gasteiger partial charge is 0.319 e. The molecule has 100 valence electrons. The Labute approximate surface area is 112 Å². The molecule has 1 aliphatic heterocycles. The molecule has 2 rings (SSSR count). The lowest BCUT2D eigenvalue weighted by atomic mass is 10.1. The second-order valence-corrected chi connectivity index (χ2v) is 5.65. The molecule has 1 aromatic heterocycles. The molecule has 0 bridgehead atoms. The smallest absolute Gasteiger partial charge is 0.240 e. The van der Waals surface area contributed by atoms with E-state index in [-0.39, 0.29) is 5.91 Å². The summed E-state index contributed by atoms with van der Waals surface area (Å²) in [7, 11) is 1.97. The van der Waals surface area contributed by atoms with Crippen molar-refractivity contribution < 1.29 is 4.79 Å². The Morgan fingerprint density at radius 3 is 3.17 bits per heavy atom. The molecule has 0 spiro atoms. The van der Waals surface area contributed by atoms with Crippen LogP contribution in [0.3, 0.4) is 0 Å². The number of carbonyl (C=O) groups excluding carboxylic acids is 1. The summed E-state index contributed by atoms with van der Waals surface area (Å²) in [6.45, 7) is 5.44. The number of rotatable bonds is 5. The molecule has 0 aliphatic carbocycles. The number of thiazole rings is 1. The van der Waals surface area contributed by atoms with Crippen molar-refractivity contribution in [1.29, 1.82) is 0 Å². The zero-order valence-corrected chi connectivity index (χ0v) is 11.7. The van der Waals surface area contributed by atoms with Gasteiger partial charge < -0.3 is 10.6 Å². The second kappa shape index (κ2) is 6.26. The highest BCUT2D eigenvalue weighted by molar-refractivity contribution is 7.13. The zero-order valence-electron chi connectivity index (χ0n) is 10.9. The van der Waals surface area contributed by atoms with Crippen LogP contribution in [0, 0.1) is 12.8 Å². The van der Waals surface area contributed by atoms with Crippen molar-refractivity contribution in [3.05, 3.63) is 11.1 Å². The Hall–Kier alpha value is -0.980. The first kappa shape index (κ1) is 13.5. The molecule has 1 saturated heterocycles. The number of amides is 1. The van der Waals surface area contributed by atoms with Crippen LogP contribution in [0.25, 0.3) is 0 Å². The van der Waals surface area contributed by atoms with E-state index < -0.39 is 0 Å². The highest BCUT2D eigenvalue weighted by Gasteiger charge is 2.23. The summed E-state index contributed by atoms with van der Waals surface area (Å²) in [5.74, 6) is 0.708. The van der Waals surface area contributed by atoms with Crippen LogP contribution in [-0.4, -0.2) is 49.0 Å². The molecule has 2 N–H and O–H groups in total. The maximum absolute atomic E-state index is 11.8. The fraction of sp³-hybridized carbons (Fsp3) is 0.667. The minimum absolute atomic E-state index is 0.0365. The van der Waals surface area contributed by atoms with Crippen LogP contribution in [0.2, 0.25) is 0 Å². The summed E-state index contributed by atoms with van der Waals surface area (Å²) >= 11 is 1.47. The predicted octanol–water partition coefficient (Wildman–Crippen LogP) is 0.931. The number of nitrogens with zero attached hydrogens (tertiary/aromatic N) is 2. The van der Waals surface area contributed by atoms with Gasteiger partial charge in [-0.1, -0.05) is 0 Å². The van der Waals surface area contributed by atoms with Crippen molar-refractivity contribution in [2.45, 2.75) is 13.3 Å². The van der Waals surface area contributed by atoms with Crippen LogP contribution in [0.15, 0.2) is 5.38 Å². The van der Waals surface area contributed by atoms with Gasteiger partial charge in [-0.2, -0.15) is 0 Å². The molecule has 18 heavy (non-hydrogen) atoms. The van der Waals surface area contributed by atoms with E-state index in [0.717, 1.165) is 25.3 Å². The van der Waals surface area contributed by atoms with Gasteiger partial charge in [0.1, 0.15) is 0 Å². The number of nitrogens with one attached hydrogen (secondary N) is 2. The Bertz CT molecular complexity index is 407. The lowest BCUT2D eigenvalue weighted by Gasteiger charge is -2.14. The Morgan fingerprint density at radius 2 is 2.50 bits per heavy atom. The third-order valence-corrected chi connectivity index (χ3v) is 3.97. The summed E-state index contributed by atoms with van der Waals surface area (Å²) in [5, 5.41) is 8.67. The van der Waals surface area contributed by atoms with Crippen molar-refractivity contribution in [3.63, 3.8) is 0 Å². The molecule has 1 aromatic rings. The lowest BCUT2D eigenvalue weighted by molar-refractivity contribution is -0.117. The monoisotopic (exact) mass is 268 g/mol. The SMILES string of the molecule is CNCC1CCN(CC(=O)Nc2nc(C)cs2)C1. The topological polar surface area (TPSA) is 57.3 Å². The molecule has 2 heterocycles. The normalized spacial score (nSPS) is 20.2. The average Bonchev–Trinajstić information content (AvgIpc) is 2.89. The predicted molar refractivity (Wildman–Crippen MR) is 74.0 cm³/mol. The van der Waals surface area contributed by atoms with Gasteiger partial charge in [0, 0.05) is 11.9 Å². The second-order valence-electron chi connectivity index (χ2n) is 4.79. The standard InChI is InChI=1S/C12H20N4OS/c1-9-8-18-12(14-9)15-11(17)7-16-4-3-10(6-16)5-13-2/h8,10,13H,3-7H2,1-2H3,(H,14,15,17). The summed E-state index contributed by atoms with van der Waals surface area (Å²) in [5.41, 5.74) is 0.950. The van der Waals surface area contributed by atoms with E-state index in [1.54, 1.807) is 0 Å². The van der Waals surface area contributed by atoms with Crippen molar-refractivity contribution in [2.75, 3.05) is 38.5 Å². The maximum Gasteiger partial charge on any atom is 0.240 e. The molecule has 1 atom stereocenters. The third-order valence-electron chi connectivity index (χ3n) is 3.10. The maximum atomic E-state index is 11.8. The summed E-state index contributed by atoms with van der Waals surface area (Å²) in [6.07, 6.45) is 1.17. The number of likely N-dealkylation sites (tertiary alicyclic amines) is 1. The van der Waals surface area contributed by atoms with Crippen molar-refractivity contribution >= 4 is 22.4 Å². The zero-order chi connectivity index (χ0) is 13.0. The van der Waals surface area contributed by atoms with Gasteiger partial charge in [0.25, 0.3) is 0 Å². The minimum Gasteiger partial charge on any atom is -0.319 e. The Kier molecular flexibility index (Phi) is 4.68. The van der Waals surface area contributed by atoms with Crippen LogP contribution >= 0.6 is 11.3 Å². The van der Waals surface area contributed by atoms with Crippen molar-refractivity contribution in [3.8, 4) is 0 Å². The van der Waals surface area contributed by atoms with E-state index in [4.69, 9.17) is 0 Å². The van der Waals surface area contributed by atoms with Crippen LogP contribution in [0.1, 0.15) is 12.1 Å². The van der Waals surface area contributed by atoms with E-state index in [1.165, 1.54) is 17.8 Å². The molecular weight excluding hydrogens is 248 g/mol. The summed E-state index contributed by atoms with van der Waals surface area (Å²) in [4.78, 5) is 18.3. The fourth-order valence-electron chi connectivity index (χ4n) is 2.29. The lowest BCUT2D eigenvalue weighted by Crippen LogP contribution is -2.32. The molecule has 1 aliphatic rings. The van der Waals surface area contributed by atoms with E-state index >= 15 is 0 Å². The molecule has 1 unspecified atom stereocenters. The van der Waals surface area contributed by atoms with Crippen LogP contribution < -0.4 is 10.6 Å². The minimum atomic E-state index is 0.0365. The highest BCUT2D eigenvalue weighted by atomic mass is 32.1.